The monoisotopic (exact) mass is 360 g/mol. The Balaban J connectivity index is 1.90. The van der Waals surface area contributed by atoms with Gasteiger partial charge < -0.3 is 10.2 Å². The van der Waals surface area contributed by atoms with Gasteiger partial charge in [0.2, 0.25) is 5.95 Å². The van der Waals surface area contributed by atoms with E-state index in [-0.39, 0.29) is 5.91 Å². The SMILES string of the molecule is CC(C)CNC(=O)c1ccnc(N(Cc2ccccc2)c2ccccc2)n1. The molecule has 0 aliphatic heterocycles. The van der Waals surface area contributed by atoms with E-state index in [0.29, 0.717) is 30.6 Å². The van der Waals surface area contributed by atoms with Crippen molar-refractivity contribution in [1.29, 1.82) is 0 Å². The summed E-state index contributed by atoms with van der Waals surface area (Å²) in [5.74, 6) is 0.705. The molecule has 3 aromatic rings. The maximum atomic E-state index is 12.4. The molecular weight excluding hydrogens is 336 g/mol. The number of aromatic nitrogens is 2. The van der Waals surface area contributed by atoms with Crippen LogP contribution in [0.2, 0.25) is 0 Å². The first-order valence-corrected chi connectivity index (χ1v) is 9.11. The summed E-state index contributed by atoms with van der Waals surface area (Å²) in [6.07, 6.45) is 1.63. The summed E-state index contributed by atoms with van der Waals surface area (Å²) in [5.41, 5.74) is 2.48. The zero-order valence-corrected chi connectivity index (χ0v) is 15.7. The minimum atomic E-state index is -0.180. The number of rotatable bonds is 7. The maximum absolute atomic E-state index is 12.4. The van der Waals surface area contributed by atoms with Gasteiger partial charge >= 0.3 is 0 Å². The van der Waals surface area contributed by atoms with Gasteiger partial charge in [-0.25, -0.2) is 9.97 Å². The van der Waals surface area contributed by atoms with Gasteiger partial charge in [-0.1, -0.05) is 62.4 Å². The Morgan fingerprint density at radius 1 is 1.00 bits per heavy atom. The normalized spacial score (nSPS) is 10.6. The van der Waals surface area contributed by atoms with Crippen LogP contribution in [-0.4, -0.2) is 22.4 Å². The fraction of sp³-hybridized carbons (Fsp3) is 0.227. The molecule has 0 fully saturated rings. The van der Waals surface area contributed by atoms with Gasteiger partial charge in [-0.05, 0) is 29.7 Å². The minimum absolute atomic E-state index is 0.180. The summed E-state index contributed by atoms with van der Waals surface area (Å²) in [7, 11) is 0. The smallest absolute Gasteiger partial charge is 0.270 e. The van der Waals surface area contributed by atoms with Crippen molar-refractivity contribution >= 4 is 17.5 Å². The van der Waals surface area contributed by atoms with Crippen molar-refractivity contribution in [2.24, 2.45) is 5.92 Å². The molecule has 0 aliphatic rings. The molecule has 0 spiro atoms. The lowest BCUT2D eigenvalue weighted by Gasteiger charge is -2.23. The lowest BCUT2D eigenvalue weighted by molar-refractivity contribution is 0.0944. The largest absolute Gasteiger partial charge is 0.350 e. The van der Waals surface area contributed by atoms with Crippen LogP contribution in [0, 0.1) is 5.92 Å². The number of hydrogen-bond acceptors (Lipinski definition) is 4. The van der Waals surface area contributed by atoms with Gasteiger partial charge in [0.25, 0.3) is 5.91 Å². The molecule has 1 aromatic heterocycles. The summed E-state index contributed by atoms with van der Waals surface area (Å²) < 4.78 is 0. The lowest BCUT2D eigenvalue weighted by Crippen LogP contribution is -2.29. The highest BCUT2D eigenvalue weighted by Crippen LogP contribution is 2.24. The van der Waals surface area contributed by atoms with Crippen LogP contribution in [0.3, 0.4) is 0 Å². The average molecular weight is 360 g/mol. The van der Waals surface area contributed by atoms with E-state index in [1.54, 1.807) is 12.3 Å². The van der Waals surface area contributed by atoms with E-state index in [2.05, 4.69) is 41.3 Å². The third-order valence-electron chi connectivity index (χ3n) is 4.04. The predicted octanol–water partition coefficient (Wildman–Crippen LogP) is 4.20. The molecular formula is C22H24N4O. The minimum Gasteiger partial charge on any atom is -0.350 e. The van der Waals surface area contributed by atoms with Crippen molar-refractivity contribution < 1.29 is 4.79 Å². The number of carbonyl (C=O) groups is 1. The second kappa shape index (κ2) is 8.94. The topological polar surface area (TPSA) is 58.1 Å². The molecule has 0 saturated carbocycles. The predicted molar refractivity (Wildman–Crippen MR) is 108 cm³/mol. The van der Waals surface area contributed by atoms with Gasteiger partial charge in [0.1, 0.15) is 5.69 Å². The average Bonchev–Trinajstić information content (AvgIpc) is 2.71. The molecule has 27 heavy (non-hydrogen) atoms. The molecule has 0 bridgehead atoms. The van der Waals surface area contributed by atoms with Gasteiger partial charge in [0.05, 0.1) is 6.54 Å². The molecule has 2 aromatic carbocycles. The highest BCUT2D eigenvalue weighted by molar-refractivity contribution is 5.92. The van der Waals surface area contributed by atoms with Crippen molar-refractivity contribution in [1.82, 2.24) is 15.3 Å². The first-order valence-electron chi connectivity index (χ1n) is 9.11. The van der Waals surface area contributed by atoms with E-state index < -0.39 is 0 Å². The summed E-state index contributed by atoms with van der Waals surface area (Å²) in [4.78, 5) is 23.4. The van der Waals surface area contributed by atoms with Crippen molar-refractivity contribution in [3.8, 4) is 0 Å². The molecule has 138 valence electrons. The Kier molecular flexibility index (Phi) is 6.15. The molecule has 0 aliphatic carbocycles. The van der Waals surface area contributed by atoms with Crippen LogP contribution in [0.4, 0.5) is 11.6 Å². The Labute approximate surface area is 160 Å². The number of hydrogen-bond donors (Lipinski definition) is 1. The molecule has 1 amide bonds. The van der Waals surface area contributed by atoms with E-state index in [9.17, 15) is 4.79 Å². The van der Waals surface area contributed by atoms with Gasteiger partial charge in [-0.3, -0.25) is 4.79 Å². The molecule has 1 N–H and O–H groups in total. The quantitative estimate of drug-likeness (QED) is 0.686. The first kappa shape index (κ1) is 18.6. The van der Waals surface area contributed by atoms with Crippen LogP contribution in [0.25, 0.3) is 0 Å². The summed E-state index contributed by atoms with van der Waals surface area (Å²) in [6.45, 7) is 5.35. The van der Waals surface area contributed by atoms with Crippen LogP contribution < -0.4 is 10.2 Å². The van der Waals surface area contributed by atoms with E-state index in [1.807, 2.05) is 53.4 Å². The molecule has 0 radical (unpaired) electrons. The van der Waals surface area contributed by atoms with Crippen molar-refractivity contribution in [3.63, 3.8) is 0 Å². The van der Waals surface area contributed by atoms with Gasteiger partial charge in [-0.2, -0.15) is 0 Å². The second-order valence-corrected chi connectivity index (χ2v) is 6.75. The van der Waals surface area contributed by atoms with Gasteiger partial charge in [-0.15, -0.1) is 0 Å². The van der Waals surface area contributed by atoms with E-state index >= 15 is 0 Å². The number of benzene rings is 2. The van der Waals surface area contributed by atoms with Crippen LogP contribution in [0.1, 0.15) is 29.9 Å². The van der Waals surface area contributed by atoms with Crippen LogP contribution in [-0.2, 0) is 6.54 Å². The fourth-order valence-corrected chi connectivity index (χ4v) is 2.64. The highest BCUT2D eigenvalue weighted by atomic mass is 16.1. The van der Waals surface area contributed by atoms with Crippen LogP contribution >= 0.6 is 0 Å². The Morgan fingerprint density at radius 3 is 2.33 bits per heavy atom. The number of nitrogens with zero attached hydrogens (tertiary/aromatic N) is 3. The Bertz CT molecular complexity index is 866. The Hall–Kier alpha value is -3.21. The number of nitrogens with one attached hydrogen (secondary N) is 1. The Morgan fingerprint density at radius 2 is 1.67 bits per heavy atom. The fourth-order valence-electron chi connectivity index (χ4n) is 2.64. The lowest BCUT2D eigenvalue weighted by atomic mass is 10.2. The third kappa shape index (κ3) is 5.14. The molecule has 5 heteroatoms. The molecule has 3 rings (SSSR count). The molecule has 0 saturated heterocycles. The molecule has 1 heterocycles. The zero-order chi connectivity index (χ0) is 19.1. The maximum Gasteiger partial charge on any atom is 0.270 e. The number of anilines is 2. The standard InChI is InChI=1S/C22H24N4O/c1-17(2)15-24-21(27)20-13-14-23-22(25-20)26(19-11-7-4-8-12-19)16-18-9-5-3-6-10-18/h3-14,17H,15-16H2,1-2H3,(H,24,27). The van der Waals surface area contributed by atoms with E-state index in [1.165, 1.54) is 0 Å². The van der Waals surface area contributed by atoms with Gasteiger partial charge in [0, 0.05) is 18.4 Å². The summed E-state index contributed by atoms with van der Waals surface area (Å²) in [6, 6.07) is 21.7. The van der Waals surface area contributed by atoms with Crippen molar-refractivity contribution in [2.75, 3.05) is 11.4 Å². The summed E-state index contributed by atoms with van der Waals surface area (Å²) >= 11 is 0. The van der Waals surface area contributed by atoms with Gasteiger partial charge in [0.15, 0.2) is 0 Å². The van der Waals surface area contributed by atoms with E-state index in [4.69, 9.17) is 0 Å². The third-order valence-corrected chi connectivity index (χ3v) is 4.04. The van der Waals surface area contributed by atoms with Crippen molar-refractivity contribution in [3.05, 3.63) is 84.2 Å². The molecule has 0 unspecified atom stereocenters. The molecule has 5 nitrogen and oxygen atoms in total. The van der Waals surface area contributed by atoms with Crippen LogP contribution in [0.15, 0.2) is 72.9 Å². The first-order chi connectivity index (χ1) is 13.1. The number of carbonyl (C=O) groups excluding carboxylic acids is 1. The highest BCUT2D eigenvalue weighted by Gasteiger charge is 2.16. The second-order valence-electron chi connectivity index (χ2n) is 6.75. The van der Waals surface area contributed by atoms with E-state index in [0.717, 1.165) is 11.3 Å². The van der Waals surface area contributed by atoms with Crippen LogP contribution in [0.5, 0.6) is 0 Å². The van der Waals surface area contributed by atoms with Crippen molar-refractivity contribution in [2.45, 2.75) is 20.4 Å². The zero-order valence-electron chi connectivity index (χ0n) is 15.7. The summed E-state index contributed by atoms with van der Waals surface area (Å²) in [5, 5.41) is 2.91. The number of amides is 1. The molecule has 0 atom stereocenters. The number of para-hydroxylation sites is 1.